The second kappa shape index (κ2) is 47.3. The van der Waals surface area contributed by atoms with E-state index in [1.54, 1.807) is 0 Å². The van der Waals surface area contributed by atoms with E-state index in [1.165, 1.54) is 0 Å². The maximum absolute atomic E-state index is 13.0. The minimum atomic E-state index is -3.18. The number of ether oxygens (including phenoxy) is 17. The number of carbonyl (C=O) groups excluding carboxylic acids is 2. The Balaban J connectivity index is 0.783. The lowest BCUT2D eigenvalue weighted by Gasteiger charge is -2.50. The molecule has 9 aliphatic heterocycles. The minimum Gasteiger partial charge on any atom is -0.477 e. The van der Waals surface area contributed by atoms with Gasteiger partial charge in [-0.2, -0.15) is 0 Å². The zero-order valence-corrected chi connectivity index (χ0v) is 68.9. The number of thioether (sulfide) groups is 2. The van der Waals surface area contributed by atoms with Crippen LogP contribution in [-0.4, -0.2) is 552 Å². The van der Waals surface area contributed by atoms with Crippen LogP contribution >= 0.6 is 23.5 Å². The van der Waals surface area contributed by atoms with Crippen LogP contribution in [0.2, 0.25) is 0 Å². The second-order valence-electron chi connectivity index (χ2n) is 31.6. The molecule has 0 spiro atoms. The van der Waals surface area contributed by atoms with E-state index in [4.69, 9.17) is 80.5 Å². The lowest BCUT2D eigenvalue weighted by atomic mass is 9.88. The monoisotopic (exact) mass is 1880 g/mol. The minimum absolute atomic E-state index is 0.0164. The summed E-state index contributed by atoms with van der Waals surface area (Å²) in [7, 11) is 0. The van der Waals surface area contributed by atoms with E-state index in [2.05, 4.69) is 10.6 Å². The molecular formula is C70H118N2O52S2. The van der Waals surface area contributed by atoms with E-state index in [0.717, 1.165) is 37.4 Å². The first-order valence-electron chi connectivity index (χ1n) is 40.1. The van der Waals surface area contributed by atoms with E-state index in [-0.39, 0.29) is 37.6 Å². The fraction of sp³-hybridized carbons (Fsp3) is 0.943. The molecule has 2 amide bonds. The standard InChI is InChI=1S/C70H118N2O52S2/c1-20(79)71-33-22(81)9-69(67(104)105,121-56(33)35(85)24(83)11-73)123-58-39(89)26(13-75)112-63(51(58)101)118-53-28(15-77)116-65(49(99)44(53)94)125-7-3-5-108-17-30-37(87)42(92)47(97)62(114-30)120-55-32(115-61(48(98)43(55)93)110-19-31-38(88)41(91)46(96)60(103)111-31)18-109-6-4-8-126-66-50(100)45(95)54(29(16-78)117-66)119-64-52(102)59(40(90)27(14-76)113-64)124-70(68(106)107)10-23(82)34(72-21(2)80)57(122-70)36(86)25(84)12-74/h22-66,73-78,81-103H,3-19H2,1-2H3,(H,71,79)(H,72,80)(H,104,105)(H,106,107)/t22-,23-,24+,25+,26+,27+,28+,29+,30+,31+,32+,33+,34+,35+,36+,37+,38-,39-,40-,41-,42-,43+,44+,45+,46+,47+,48+,49+,50+,51+,52+,53+,54+,55+,56+,57+,58-,59-,60?,61+,62+,63-,64-,65-,66-,69-,70-/m0/s1. The number of aliphatic carboxylic acids is 2. The Morgan fingerprint density at radius 1 is 0.381 bits per heavy atom. The summed E-state index contributed by atoms with van der Waals surface area (Å²) in [6.07, 6.45) is -83.8. The molecule has 56 heteroatoms. The van der Waals surface area contributed by atoms with E-state index in [1.807, 2.05) is 0 Å². The van der Waals surface area contributed by atoms with Crippen molar-refractivity contribution in [2.24, 2.45) is 0 Å². The van der Waals surface area contributed by atoms with Gasteiger partial charge in [-0.1, -0.05) is 0 Å². The molecule has 126 heavy (non-hydrogen) atoms. The third-order valence-corrected chi connectivity index (χ3v) is 25.1. The summed E-state index contributed by atoms with van der Waals surface area (Å²) in [6, 6.07) is -3.32. The largest absolute Gasteiger partial charge is 0.477 e. The van der Waals surface area contributed by atoms with Gasteiger partial charge in [0.15, 0.2) is 31.5 Å². The van der Waals surface area contributed by atoms with Crippen LogP contribution < -0.4 is 10.6 Å². The van der Waals surface area contributed by atoms with Crippen molar-refractivity contribution < 1.29 is 258 Å². The number of nitrogens with one attached hydrogen (secondary N) is 2. The van der Waals surface area contributed by atoms with Gasteiger partial charge < -0.3 is 249 Å². The lowest BCUT2D eigenvalue weighted by molar-refractivity contribution is -0.380. The maximum atomic E-state index is 13.0. The average Bonchev–Trinajstić information content (AvgIpc) is 0.750. The molecule has 1 unspecified atom stereocenters. The maximum Gasteiger partial charge on any atom is 0.364 e. The van der Waals surface area contributed by atoms with E-state index in [9.17, 15) is 177 Å². The number of carbonyl (C=O) groups is 4. The van der Waals surface area contributed by atoms with Crippen molar-refractivity contribution in [3.8, 4) is 0 Å². The van der Waals surface area contributed by atoms with Crippen LogP contribution in [-0.2, 0) is 99.7 Å². The van der Waals surface area contributed by atoms with E-state index < -0.39 is 382 Å². The number of carboxylic acids is 2. The van der Waals surface area contributed by atoms with Crippen molar-refractivity contribution >= 4 is 47.3 Å². The van der Waals surface area contributed by atoms with Gasteiger partial charge in [-0.25, -0.2) is 9.59 Å². The summed E-state index contributed by atoms with van der Waals surface area (Å²) in [6.45, 7) is -6.88. The molecule has 0 aromatic heterocycles. The first-order chi connectivity index (χ1) is 59.5. The Kier molecular flexibility index (Phi) is 39.9. The molecule has 732 valence electrons. The molecule has 9 aliphatic rings. The lowest BCUT2D eigenvalue weighted by Crippen LogP contribution is -2.70. The number of amides is 2. The zero-order chi connectivity index (χ0) is 93.2. The highest BCUT2D eigenvalue weighted by atomic mass is 32.2. The number of hydrogen-bond acceptors (Lipinski definition) is 52. The first-order valence-corrected chi connectivity index (χ1v) is 42.2. The van der Waals surface area contributed by atoms with Crippen LogP contribution in [0.3, 0.4) is 0 Å². The number of rotatable bonds is 41. The first kappa shape index (κ1) is 106. The molecule has 0 aromatic carbocycles. The number of hydrogen-bond donors (Lipinski definition) is 33. The zero-order valence-electron chi connectivity index (χ0n) is 67.3. The van der Waals surface area contributed by atoms with Gasteiger partial charge in [0.25, 0.3) is 11.6 Å². The number of carboxylic acid groups (broad SMARTS) is 2. The van der Waals surface area contributed by atoms with Crippen molar-refractivity contribution in [1.82, 2.24) is 10.6 Å². The molecule has 9 fully saturated rings. The van der Waals surface area contributed by atoms with Gasteiger partial charge in [0.05, 0.1) is 83.8 Å². The molecule has 0 aromatic rings. The highest BCUT2D eigenvalue weighted by Gasteiger charge is 2.64. The highest BCUT2D eigenvalue weighted by molar-refractivity contribution is 8.00. The molecule has 47 atom stereocenters. The number of aliphatic hydroxyl groups is 29. The van der Waals surface area contributed by atoms with Crippen molar-refractivity contribution in [3.05, 3.63) is 0 Å². The third-order valence-electron chi connectivity index (χ3n) is 22.6. The van der Waals surface area contributed by atoms with E-state index >= 15 is 0 Å². The van der Waals surface area contributed by atoms with Gasteiger partial charge >= 0.3 is 11.9 Å². The van der Waals surface area contributed by atoms with Crippen LogP contribution in [0.4, 0.5) is 0 Å². The topological polar surface area (TPSA) is 876 Å². The van der Waals surface area contributed by atoms with Crippen LogP contribution in [0.5, 0.6) is 0 Å². The summed E-state index contributed by atoms with van der Waals surface area (Å²) in [5.41, 5.74) is -2.77. The van der Waals surface area contributed by atoms with Crippen LogP contribution in [0.15, 0.2) is 0 Å². The fourth-order valence-electron chi connectivity index (χ4n) is 15.6. The summed E-state index contributed by atoms with van der Waals surface area (Å²) < 4.78 is 97.5. The Morgan fingerprint density at radius 3 is 1.12 bits per heavy atom. The number of aliphatic hydroxyl groups excluding tert-OH is 29. The van der Waals surface area contributed by atoms with Crippen LogP contribution in [0, 0.1) is 0 Å². The molecule has 9 heterocycles. The predicted octanol–water partition coefficient (Wildman–Crippen LogP) is -19.7. The SMILES string of the molecule is CC(=O)N[C@H]1[C@H]([C@H](O)[C@H](O)CO)O[C@@](O[C@H]2[C@@H](O)[C@@H](CO)O[C@@H](O[C@H]3[C@H](O)[C@@H](O)[C@H](SCCCOC[C@H]4O[C@H](O[C@H]5[C@H](O)[C@@H](O)[C@H](OC[C@H]6OC(O)[C@H](O)[C@@H](O)[C@H]6O)O[C@@H]5COCCCS[C@@H]5O[C@H](CO)[C@@H](O[C@@H]6O[C@H](CO)[C@H](O)[C@H](O[C@]7(C(=O)O)C[C@H](O)[C@@H](NC(C)=O)[C@H]([C@H](O)[C@H](O)CO)O7)[C@H]6O)[C@H](O)[C@H]5O)[C@H](O)[C@@H](O)[C@@H]4O)O[C@@H]3CO)[C@@H]2O)(C(=O)O)C[C@@H]1O. The van der Waals surface area contributed by atoms with E-state index in [0.29, 0.717) is 0 Å². The smallest absolute Gasteiger partial charge is 0.364 e. The van der Waals surface area contributed by atoms with Gasteiger partial charge in [-0.3, -0.25) is 9.59 Å². The Morgan fingerprint density at radius 2 is 0.730 bits per heavy atom. The normalized spacial score (nSPS) is 45.9. The quantitative estimate of drug-likeness (QED) is 0.0253. The Labute approximate surface area is 722 Å². The highest BCUT2D eigenvalue weighted by Crippen LogP contribution is 2.43. The molecule has 0 bridgehead atoms. The predicted molar refractivity (Wildman–Crippen MR) is 399 cm³/mol. The average molecular weight is 1880 g/mol. The fourth-order valence-corrected chi connectivity index (χ4v) is 17.8. The second-order valence-corrected chi connectivity index (χ2v) is 34.0. The third kappa shape index (κ3) is 24.5. The molecule has 9 saturated heterocycles. The van der Waals surface area contributed by atoms with Crippen molar-refractivity contribution in [3.63, 3.8) is 0 Å². The van der Waals surface area contributed by atoms with Crippen molar-refractivity contribution in [1.29, 1.82) is 0 Å². The molecule has 33 N–H and O–H groups in total. The molecule has 54 nitrogen and oxygen atoms in total. The summed E-state index contributed by atoms with van der Waals surface area (Å²) in [5.74, 6) is -12.1. The summed E-state index contributed by atoms with van der Waals surface area (Å²) in [4.78, 5) is 50.2. The van der Waals surface area contributed by atoms with Gasteiger partial charge in [0, 0.05) is 39.9 Å². The summed E-state index contributed by atoms with van der Waals surface area (Å²) in [5, 5.41) is 340. The van der Waals surface area contributed by atoms with Crippen LogP contribution in [0.1, 0.15) is 39.5 Å². The van der Waals surface area contributed by atoms with Gasteiger partial charge in [0.2, 0.25) is 11.8 Å². The van der Waals surface area contributed by atoms with Crippen molar-refractivity contribution in [2.75, 3.05) is 84.2 Å². The molecule has 0 radical (unpaired) electrons. The van der Waals surface area contributed by atoms with Gasteiger partial charge in [-0.05, 0) is 24.3 Å². The Hall–Kier alpha value is -3.26. The van der Waals surface area contributed by atoms with Gasteiger partial charge in [0.1, 0.15) is 218 Å². The van der Waals surface area contributed by atoms with Crippen molar-refractivity contribution in [2.45, 2.75) is 325 Å². The molecule has 9 rings (SSSR count). The Bertz CT molecular complexity index is 3350. The van der Waals surface area contributed by atoms with Crippen LogP contribution in [0.25, 0.3) is 0 Å². The molecule has 0 saturated carbocycles. The molecular weight excluding hydrogens is 1760 g/mol. The molecule has 0 aliphatic carbocycles. The van der Waals surface area contributed by atoms with Gasteiger partial charge in [-0.15, -0.1) is 23.5 Å². The summed E-state index contributed by atoms with van der Waals surface area (Å²) >= 11 is 1.71.